The summed E-state index contributed by atoms with van der Waals surface area (Å²) in [5, 5.41) is 2.69. The number of ketones is 1. The molecule has 0 saturated carbocycles. The number of hydrogen-bond acceptors (Lipinski definition) is 9. The number of nitrogens with one attached hydrogen (secondary N) is 1. The smallest absolute Gasteiger partial charge is 0.418 e. The van der Waals surface area contributed by atoms with Crippen molar-refractivity contribution in [2.45, 2.75) is 142 Å². The van der Waals surface area contributed by atoms with Crippen LogP contribution in [0.4, 0.5) is 10.5 Å². The highest BCUT2D eigenvalue weighted by molar-refractivity contribution is 6.23. The molecule has 2 heterocycles. The number of nitrogens with zero attached hydrogens (tertiary/aromatic N) is 3. The van der Waals surface area contributed by atoms with Gasteiger partial charge in [0.05, 0.1) is 35.3 Å². The number of cyclic esters (lactones) is 1. The van der Waals surface area contributed by atoms with E-state index in [9.17, 15) is 24.0 Å². The molecule has 3 aromatic carbocycles. The van der Waals surface area contributed by atoms with Gasteiger partial charge in [-0.15, -0.1) is 0 Å². The monoisotopic (exact) mass is 864 g/mol. The fraction of sp³-hybridized carbons (Fsp3) is 0.480. The lowest BCUT2D eigenvalue weighted by Gasteiger charge is -2.25. The van der Waals surface area contributed by atoms with Crippen LogP contribution in [0.1, 0.15) is 145 Å². The first-order valence-corrected chi connectivity index (χ1v) is 22.6. The van der Waals surface area contributed by atoms with Gasteiger partial charge >= 0.3 is 17.8 Å². The number of unbranched alkanes of at least 4 members (excludes halogenated alkanes) is 13. The Hall–Kier alpha value is -5.98. The van der Waals surface area contributed by atoms with Gasteiger partial charge < -0.3 is 19.5 Å². The number of aromatic nitrogens is 2. The number of amides is 3. The van der Waals surface area contributed by atoms with Crippen LogP contribution in [-0.2, 0) is 26.1 Å². The van der Waals surface area contributed by atoms with Crippen LogP contribution < -0.4 is 15.7 Å². The summed E-state index contributed by atoms with van der Waals surface area (Å²) < 4.78 is 19.4. The summed E-state index contributed by atoms with van der Waals surface area (Å²) >= 11 is 0. The summed E-state index contributed by atoms with van der Waals surface area (Å²) in [5.41, 5.74) is -1.33. The highest BCUT2D eigenvalue weighted by Crippen LogP contribution is 2.33. The van der Waals surface area contributed by atoms with Crippen LogP contribution in [-0.4, -0.2) is 68.0 Å². The number of para-hydroxylation sites is 1. The molecule has 0 spiro atoms. The molecule has 13 nitrogen and oxygen atoms in total. The SMILES string of the molecule is CCCCCCCCCCCCCCCCOC(=O)c1ccc(NC(=O)C(C(=O)c2c(-c3ccccc3)n(C)c(=O)n2-c2ccccc2)N2C(=O)OC(C)(C)C2=O)c(OC(C)C)c1. The molecule has 4 aromatic rings. The fourth-order valence-electron chi connectivity index (χ4n) is 7.82. The Morgan fingerprint density at radius 3 is 1.84 bits per heavy atom. The van der Waals surface area contributed by atoms with Crippen LogP contribution in [0.2, 0.25) is 0 Å². The van der Waals surface area contributed by atoms with Gasteiger partial charge in [0, 0.05) is 12.6 Å². The van der Waals surface area contributed by atoms with Gasteiger partial charge in [-0.25, -0.2) is 19.3 Å². The molecule has 0 radical (unpaired) electrons. The van der Waals surface area contributed by atoms with E-state index in [1.54, 1.807) is 74.5 Å². The first-order chi connectivity index (χ1) is 30.3. The molecule has 13 heteroatoms. The number of hydrogen-bond donors (Lipinski definition) is 1. The van der Waals surface area contributed by atoms with Gasteiger partial charge in [-0.3, -0.25) is 23.5 Å². The van der Waals surface area contributed by atoms with Crippen molar-refractivity contribution in [1.82, 2.24) is 14.0 Å². The summed E-state index contributed by atoms with van der Waals surface area (Å²) in [6.45, 7) is 8.75. The van der Waals surface area contributed by atoms with E-state index in [4.69, 9.17) is 14.2 Å². The zero-order valence-electron chi connectivity index (χ0n) is 37.8. The van der Waals surface area contributed by atoms with E-state index in [1.807, 2.05) is 0 Å². The van der Waals surface area contributed by atoms with E-state index in [2.05, 4.69) is 12.2 Å². The average Bonchev–Trinajstić information content (AvgIpc) is 3.64. The van der Waals surface area contributed by atoms with Crippen LogP contribution in [0.5, 0.6) is 5.75 Å². The molecule has 63 heavy (non-hydrogen) atoms. The number of anilines is 1. The third-order valence-electron chi connectivity index (χ3n) is 11.2. The molecular weight excluding hydrogens is 801 g/mol. The minimum Gasteiger partial charge on any atom is -0.489 e. The molecule has 1 aliphatic rings. The van der Waals surface area contributed by atoms with E-state index >= 15 is 4.79 Å². The first kappa shape index (κ1) is 48.1. The van der Waals surface area contributed by atoms with Crippen molar-refractivity contribution in [2.75, 3.05) is 11.9 Å². The molecule has 1 N–H and O–H groups in total. The molecule has 1 saturated heterocycles. The number of carbonyl (C=O) groups is 5. The van der Waals surface area contributed by atoms with Gasteiger partial charge in [0.25, 0.3) is 11.8 Å². The van der Waals surface area contributed by atoms with Crippen molar-refractivity contribution in [3.05, 3.63) is 101 Å². The second-order valence-electron chi connectivity index (χ2n) is 17.0. The van der Waals surface area contributed by atoms with Crippen molar-refractivity contribution in [3.8, 4) is 22.7 Å². The Labute approximate surface area is 371 Å². The molecule has 5 rings (SSSR count). The zero-order chi connectivity index (χ0) is 45.5. The highest BCUT2D eigenvalue weighted by Gasteiger charge is 2.55. The van der Waals surface area contributed by atoms with Crippen LogP contribution in [0.3, 0.4) is 0 Å². The molecule has 0 bridgehead atoms. The second kappa shape index (κ2) is 22.9. The third kappa shape index (κ3) is 12.4. The van der Waals surface area contributed by atoms with Crippen molar-refractivity contribution in [1.29, 1.82) is 0 Å². The van der Waals surface area contributed by atoms with Gasteiger partial charge in [0.2, 0.25) is 5.78 Å². The average molecular weight is 865 g/mol. The van der Waals surface area contributed by atoms with E-state index in [-0.39, 0.29) is 35.0 Å². The molecule has 1 atom stereocenters. The summed E-state index contributed by atoms with van der Waals surface area (Å²) in [4.78, 5) is 84.9. The fourth-order valence-corrected chi connectivity index (χ4v) is 7.82. The van der Waals surface area contributed by atoms with Crippen LogP contribution in [0.15, 0.2) is 83.7 Å². The van der Waals surface area contributed by atoms with Crippen LogP contribution in [0, 0.1) is 0 Å². The maximum atomic E-state index is 15.2. The summed E-state index contributed by atoms with van der Waals surface area (Å²) in [7, 11) is 1.50. The van der Waals surface area contributed by atoms with E-state index in [0.29, 0.717) is 16.2 Å². The summed E-state index contributed by atoms with van der Waals surface area (Å²) in [6.07, 6.45) is 15.4. The molecule has 1 aromatic heterocycles. The molecule has 0 aliphatic carbocycles. The second-order valence-corrected chi connectivity index (χ2v) is 17.0. The number of ether oxygens (including phenoxy) is 3. The van der Waals surface area contributed by atoms with E-state index in [0.717, 1.165) is 30.3 Å². The number of benzene rings is 3. The van der Waals surface area contributed by atoms with E-state index in [1.165, 1.54) is 108 Å². The topological polar surface area (TPSA) is 155 Å². The Kier molecular flexibility index (Phi) is 17.5. The predicted octanol–water partition coefficient (Wildman–Crippen LogP) is 10.2. The lowest BCUT2D eigenvalue weighted by atomic mass is 10.00. The Morgan fingerprint density at radius 2 is 1.30 bits per heavy atom. The van der Waals surface area contributed by atoms with Crippen molar-refractivity contribution in [3.63, 3.8) is 0 Å². The van der Waals surface area contributed by atoms with Gasteiger partial charge in [-0.1, -0.05) is 139 Å². The van der Waals surface area contributed by atoms with Crippen LogP contribution >= 0.6 is 0 Å². The standard InChI is InChI=1S/C50H64N4O9/c1-7-8-9-10-11-12-13-14-15-16-17-18-19-26-33-61-46(57)37-31-32-39(40(34-37)62-35(2)3)51-45(56)43(54-47(58)50(4,5)63-49(54)60)44(55)42-41(36-27-22-20-23-28-36)52(6)48(59)53(42)38-29-24-21-25-30-38/h20-25,27-32,34-35,43H,7-19,26,33H2,1-6H3,(H,51,56). The van der Waals surface area contributed by atoms with Gasteiger partial charge in [0.1, 0.15) is 11.4 Å². The number of imide groups is 1. The summed E-state index contributed by atoms with van der Waals surface area (Å²) in [5.74, 6) is -3.50. The van der Waals surface area contributed by atoms with Crippen LogP contribution in [0.25, 0.3) is 16.9 Å². The zero-order valence-corrected chi connectivity index (χ0v) is 37.8. The maximum absolute atomic E-state index is 15.2. The van der Waals surface area contributed by atoms with Crippen molar-refractivity contribution < 1.29 is 38.2 Å². The highest BCUT2D eigenvalue weighted by atomic mass is 16.6. The number of rotatable bonds is 25. The third-order valence-corrected chi connectivity index (χ3v) is 11.2. The van der Waals surface area contributed by atoms with Gasteiger partial charge in [0.15, 0.2) is 11.6 Å². The Balaban J connectivity index is 1.33. The number of Topliss-reactive ketones (excluding diaryl/α,β-unsaturated/α-hetero) is 1. The maximum Gasteiger partial charge on any atom is 0.418 e. The van der Waals surface area contributed by atoms with Gasteiger partial charge in [-0.05, 0) is 64.4 Å². The van der Waals surface area contributed by atoms with Crippen molar-refractivity contribution >= 4 is 35.3 Å². The molecule has 1 fully saturated rings. The largest absolute Gasteiger partial charge is 0.489 e. The van der Waals surface area contributed by atoms with Gasteiger partial charge in [-0.2, -0.15) is 0 Å². The number of imidazole rings is 1. The minimum absolute atomic E-state index is 0.0612. The van der Waals surface area contributed by atoms with Crippen molar-refractivity contribution in [2.24, 2.45) is 7.05 Å². The lowest BCUT2D eigenvalue weighted by Crippen LogP contribution is -2.53. The molecule has 1 unspecified atom stereocenters. The molecule has 3 amide bonds. The molecule has 338 valence electrons. The molecule has 1 aliphatic heterocycles. The quantitative estimate of drug-likeness (QED) is 0.0297. The number of carbonyl (C=O) groups excluding carboxylic acids is 5. The first-order valence-electron chi connectivity index (χ1n) is 22.6. The number of esters is 1. The summed E-state index contributed by atoms with van der Waals surface area (Å²) in [6, 6.07) is 19.2. The normalized spacial score (nSPS) is 13.9. The lowest BCUT2D eigenvalue weighted by molar-refractivity contribution is -0.137. The molecular formula is C50H64N4O9. The van der Waals surface area contributed by atoms with E-state index < -0.39 is 53.1 Å². The predicted molar refractivity (Wildman–Crippen MR) is 243 cm³/mol. The Bertz CT molecular complexity index is 2240. The Morgan fingerprint density at radius 1 is 0.746 bits per heavy atom. The minimum atomic E-state index is -2.15.